The largest absolute Gasteiger partial charge is 0.368 e. The van der Waals surface area contributed by atoms with Crippen molar-refractivity contribution in [2.45, 2.75) is 12.5 Å². The SMILES string of the molecule is N#Cc1cccc(N2CCN(C(=O)NC3CCS(=O)(=O)C3)CC2)c1. The van der Waals surface area contributed by atoms with Crippen LogP contribution in [0.4, 0.5) is 10.5 Å². The first-order valence-electron chi connectivity index (χ1n) is 7.98. The van der Waals surface area contributed by atoms with Crippen LogP contribution in [0.3, 0.4) is 0 Å². The van der Waals surface area contributed by atoms with E-state index in [1.165, 1.54) is 0 Å². The van der Waals surface area contributed by atoms with E-state index in [0.29, 0.717) is 38.2 Å². The number of piperazine rings is 1. The normalized spacial score (nSPS) is 22.9. The number of benzene rings is 1. The fraction of sp³-hybridized carbons (Fsp3) is 0.500. The highest BCUT2D eigenvalue weighted by atomic mass is 32.2. The van der Waals surface area contributed by atoms with Crippen LogP contribution in [-0.4, -0.2) is 63.1 Å². The molecule has 2 aliphatic rings. The maximum absolute atomic E-state index is 12.3. The summed E-state index contributed by atoms with van der Waals surface area (Å²) in [5.74, 6) is 0.195. The summed E-state index contributed by atoms with van der Waals surface area (Å²) < 4.78 is 22.9. The van der Waals surface area contributed by atoms with Crippen LogP contribution in [0.1, 0.15) is 12.0 Å². The van der Waals surface area contributed by atoms with E-state index in [1.807, 2.05) is 18.2 Å². The fourth-order valence-corrected chi connectivity index (χ4v) is 4.79. The zero-order chi connectivity index (χ0) is 17.2. The van der Waals surface area contributed by atoms with Crippen molar-refractivity contribution in [3.63, 3.8) is 0 Å². The first-order valence-corrected chi connectivity index (χ1v) is 9.80. The fourth-order valence-electron chi connectivity index (χ4n) is 3.11. The second-order valence-corrected chi connectivity index (χ2v) is 8.41. The van der Waals surface area contributed by atoms with Gasteiger partial charge in [0.25, 0.3) is 0 Å². The molecule has 0 aromatic heterocycles. The molecule has 0 bridgehead atoms. The van der Waals surface area contributed by atoms with Crippen LogP contribution in [-0.2, 0) is 9.84 Å². The summed E-state index contributed by atoms with van der Waals surface area (Å²) >= 11 is 0. The molecule has 1 aromatic carbocycles. The Hall–Kier alpha value is -2.27. The Bertz CT molecular complexity index is 764. The van der Waals surface area contributed by atoms with Gasteiger partial charge in [0.05, 0.1) is 23.1 Å². The lowest BCUT2D eigenvalue weighted by Crippen LogP contribution is -2.53. The summed E-state index contributed by atoms with van der Waals surface area (Å²) in [6.07, 6.45) is 0.495. The summed E-state index contributed by atoms with van der Waals surface area (Å²) in [6, 6.07) is 9.09. The van der Waals surface area contributed by atoms with Gasteiger partial charge in [-0.1, -0.05) is 6.07 Å². The lowest BCUT2D eigenvalue weighted by atomic mass is 10.2. The average molecular weight is 348 g/mol. The van der Waals surface area contributed by atoms with Gasteiger partial charge in [-0.2, -0.15) is 5.26 Å². The van der Waals surface area contributed by atoms with Gasteiger partial charge in [-0.15, -0.1) is 0 Å². The van der Waals surface area contributed by atoms with Crippen molar-refractivity contribution < 1.29 is 13.2 Å². The van der Waals surface area contributed by atoms with Crippen LogP contribution in [0.2, 0.25) is 0 Å². The van der Waals surface area contributed by atoms with Gasteiger partial charge in [0.1, 0.15) is 0 Å². The summed E-state index contributed by atoms with van der Waals surface area (Å²) in [7, 11) is -2.99. The Labute approximate surface area is 141 Å². The van der Waals surface area contributed by atoms with Crippen molar-refractivity contribution >= 4 is 21.6 Å². The molecule has 0 spiro atoms. The standard InChI is InChI=1S/C16H20N4O3S/c17-11-13-2-1-3-15(10-13)19-5-7-20(8-6-19)16(21)18-14-4-9-24(22,23)12-14/h1-3,10,14H,4-9,12H2,(H,18,21). The van der Waals surface area contributed by atoms with E-state index < -0.39 is 9.84 Å². The molecule has 1 aromatic rings. The van der Waals surface area contributed by atoms with Crippen molar-refractivity contribution in [3.8, 4) is 6.07 Å². The van der Waals surface area contributed by atoms with E-state index in [9.17, 15) is 13.2 Å². The quantitative estimate of drug-likeness (QED) is 0.844. The minimum atomic E-state index is -2.99. The number of carbonyl (C=O) groups excluding carboxylic acids is 1. The summed E-state index contributed by atoms with van der Waals surface area (Å²) in [5.41, 5.74) is 1.60. The zero-order valence-electron chi connectivity index (χ0n) is 13.3. The van der Waals surface area contributed by atoms with E-state index in [1.54, 1.807) is 11.0 Å². The van der Waals surface area contributed by atoms with Crippen molar-refractivity contribution in [1.82, 2.24) is 10.2 Å². The highest BCUT2D eigenvalue weighted by Crippen LogP contribution is 2.18. The molecule has 0 radical (unpaired) electrons. The Balaban J connectivity index is 1.53. The Morgan fingerprint density at radius 3 is 2.62 bits per heavy atom. The highest BCUT2D eigenvalue weighted by molar-refractivity contribution is 7.91. The lowest BCUT2D eigenvalue weighted by molar-refractivity contribution is 0.191. The van der Waals surface area contributed by atoms with Crippen LogP contribution >= 0.6 is 0 Å². The van der Waals surface area contributed by atoms with E-state index in [2.05, 4.69) is 16.3 Å². The van der Waals surface area contributed by atoms with Gasteiger partial charge in [0.2, 0.25) is 0 Å². The van der Waals surface area contributed by atoms with Gasteiger partial charge in [-0.05, 0) is 24.6 Å². The molecule has 7 nitrogen and oxygen atoms in total. The molecular formula is C16H20N4O3S. The number of hydrogen-bond donors (Lipinski definition) is 1. The van der Waals surface area contributed by atoms with Gasteiger partial charge in [-0.25, -0.2) is 13.2 Å². The molecule has 8 heteroatoms. The molecule has 2 heterocycles. The van der Waals surface area contributed by atoms with Crippen molar-refractivity contribution in [1.29, 1.82) is 5.26 Å². The van der Waals surface area contributed by atoms with Gasteiger partial charge in [0, 0.05) is 37.9 Å². The minimum absolute atomic E-state index is 0.0413. The van der Waals surface area contributed by atoms with Gasteiger partial charge >= 0.3 is 6.03 Å². The molecular weight excluding hydrogens is 328 g/mol. The predicted octanol–water partition coefficient (Wildman–Crippen LogP) is 0.577. The Kier molecular flexibility index (Phi) is 4.62. The predicted molar refractivity (Wildman–Crippen MR) is 90.5 cm³/mol. The Morgan fingerprint density at radius 1 is 1.25 bits per heavy atom. The first-order chi connectivity index (χ1) is 11.5. The average Bonchev–Trinajstić information content (AvgIpc) is 2.93. The molecule has 0 aliphatic carbocycles. The number of nitrogens with one attached hydrogen (secondary N) is 1. The van der Waals surface area contributed by atoms with Crippen molar-refractivity contribution in [2.24, 2.45) is 0 Å². The zero-order valence-corrected chi connectivity index (χ0v) is 14.1. The second-order valence-electron chi connectivity index (χ2n) is 6.19. The molecule has 3 rings (SSSR count). The summed E-state index contributed by atoms with van der Waals surface area (Å²) in [6.45, 7) is 2.51. The maximum Gasteiger partial charge on any atom is 0.317 e. The van der Waals surface area contributed by atoms with E-state index in [4.69, 9.17) is 5.26 Å². The van der Waals surface area contributed by atoms with Crippen molar-refractivity contribution in [3.05, 3.63) is 29.8 Å². The number of urea groups is 1. The minimum Gasteiger partial charge on any atom is -0.368 e. The lowest BCUT2D eigenvalue weighted by Gasteiger charge is -2.36. The second kappa shape index (κ2) is 6.69. The van der Waals surface area contributed by atoms with E-state index in [0.717, 1.165) is 5.69 Å². The molecule has 1 atom stereocenters. The topological polar surface area (TPSA) is 93.5 Å². The molecule has 128 valence electrons. The van der Waals surface area contributed by atoms with Gasteiger partial charge < -0.3 is 15.1 Å². The molecule has 1 unspecified atom stereocenters. The number of rotatable bonds is 2. The molecule has 2 aliphatic heterocycles. The molecule has 2 amide bonds. The first kappa shape index (κ1) is 16.6. The number of amides is 2. The molecule has 1 N–H and O–H groups in total. The third kappa shape index (κ3) is 3.79. The van der Waals surface area contributed by atoms with Crippen LogP contribution < -0.4 is 10.2 Å². The molecule has 24 heavy (non-hydrogen) atoms. The number of carbonyl (C=O) groups is 1. The summed E-state index contributed by atoms with van der Waals surface area (Å²) in [5, 5.41) is 11.8. The number of hydrogen-bond acceptors (Lipinski definition) is 5. The highest BCUT2D eigenvalue weighted by Gasteiger charge is 2.30. The van der Waals surface area contributed by atoms with Crippen LogP contribution in [0, 0.1) is 11.3 Å². The van der Waals surface area contributed by atoms with Gasteiger partial charge in [0.15, 0.2) is 9.84 Å². The van der Waals surface area contributed by atoms with Crippen LogP contribution in [0.15, 0.2) is 24.3 Å². The summed E-state index contributed by atoms with van der Waals surface area (Å²) in [4.78, 5) is 16.1. The van der Waals surface area contributed by atoms with E-state index in [-0.39, 0.29) is 23.6 Å². The molecule has 0 saturated carbocycles. The smallest absolute Gasteiger partial charge is 0.317 e. The third-order valence-electron chi connectivity index (χ3n) is 4.47. The monoisotopic (exact) mass is 348 g/mol. The molecule has 2 saturated heterocycles. The van der Waals surface area contributed by atoms with E-state index >= 15 is 0 Å². The number of sulfone groups is 1. The Morgan fingerprint density at radius 2 is 2.00 bits per heavy atom. The van der Waals surface area contributed by atoms with Crippen LogP contribution in [0.25, 0.3) is 0 Å². The number of nitrogens with zero attached hydrogens (tertiary/aromatic N) is 3. The van der Waals surface area contributed by atoms with Crippen LogP contribution in [0.5, 0.6) is 0 Å². The number of nitriles is 1. The van der Waals surface area contributed by atoms with Gasteiger partial charge in [-0.3, -0.25) is 0 Å². The number of anilines is 1. The molecule has 2 fully saturated rings. The third-order valence-corrected chi connectivity index (χ3v) is 6.24. The van der Waals surface area contributed by atoms with Crippen molar-refractivity contribution in [2.75, 3.05) is 42.6 Å². The maximum atomic E-state index is 12.3.